The molecule has 0 saturated carbocycles. The van der Waals surface area contributed by atoms with E-state index in [9.17, 15) is 5.11 Å². The third kappa shape index (κ3) is 2.67. The molecule has 0 radical (unpaired) electrons. The van der Waals surface area contributed by atoms with Gasteiger partial charge < -0.3 is 15.6 Å². The Labute approximate surface area is 118 Å². The lowest BCUT2D eigenvalue weighted by molar-refractivity contribution is 0.161. The lowest BCUT2D eigenvalue weighted by Gasteiger charge is -2.30. The largest absolute Gasteiger partial charge is 0.508 e. The van der Waals surface area contributed by atoms with E-state index >= 15 is 0 Å². The molecule has 19 heavy (non-hydrogen) atoms. The summed E-state index contributed by atoms with van der Waals surface area (Å²) in [5, 5.41) is 9.48. The van der Waals surface area contributed by atoms with E-state index in [4.69, 9.17) is 10.5 Å². The first-order valence-electron chi connectivity index (χ1n) is 6.04. The van der Waals surface area contributed by atoms with Gasteiger partial charge in [0.2, 0.25) is 0 Å². The fourth-order valence-electron chi connectivity index (χ4n) is 2.36. The van der Waals surface area contributed by atoms with Crippen LogP contribution in [0.15, 0.2) is 48.5 Å². The van der Waals surface area contributed by atoms with Gasteiger partial charge in [-0.05, 0) is 23.8 Å². The van der Waals surface area contributed by atoms with Crippen LogP contribution >= 0.6 is 12.4 Å². The van der Waals surface area contributed by atoms with Crippen molar-refractivity contribution in [3.8, 4) is 11.5 Å². The van der Waals surface area contributed by atoms with Gasteiger partial charge >= 0.3 is 0 Å². The van der Waals surface area contributed by atoms with E-state index in [-0.39, 0.29) is 30.3 Å². The predicted molar refractivity (Wildman–Crippen MR) is 76.7 cm³/mol. The third-order valence-corrected chi connectivity index (χ3v) is 3.30. The molecule has 3 nitrogen and oxygen atoms in total. The number of ether oxygens (including phenoxy) is 1. The van der Waals surface area contributed by atoms with Crippen molar-refractivity contribution in [2.45, 2.75) is 18.6 Å². The number of halogens is 1. The molecule has 0 fully saturated rings. The molecule has 0 saturated heterocycles. The summed E-state index contributed by atoms with van der Waals surface area (Å²) in [6.07, 6.45) is 0.707. The minimum Gasteiger partial charge on any atom is -0.508 e. The summed E-state index contributed by atoms with van der Waals surface area (Å²) in [6.45, 7) is 0. The Hall–Kier alpha value is -1.71. The number of aromatic hydroxyl groups is 1. The third-order valence-electron chi connectivity index (χ3n) is 3.30. The van der Waals surface area contributed by atoms with E-state index in [0.717, 1.165) is 23.3 Å². The van der Waals surface area contributed by atoms with Crippen molar-refractivity contribution < 1.29 is 9.84 Å². The van der Waals surface area contributed by atoms with Crippen LogP contribution < -0.4 is 10.5 Å². The van der Waals surface area contributed by atoms with Crippen LogP contribution in [-0.2, 0) is 0 Å². The Kier molecular flexibility index (Phi) is 3.98. The van der Waals surface area contributed by atoms with Gasteiger partial charge in [0.1, 0.15) is 17.6 Å². The van der Waals surface area contributed by atoms with Gasteiger partial charge in [0, 0.05) is 18.0 Å². The maximum atomic E-state index is 9.48. The number of fused-ring (bicyclic) bond motifs is 1. The molecule has 1 aliphatic rings. The van der Waals surface area contributed by atoms with Crippen LogP contribution in [0.4, 0.5) is 0 Å². The van der Waals surface area contributed by atoms with Crippen molar-refractivity contribution in [2.75, 3.05) is 0 Å². The second-order valence-corrected chi connectivity index (χ2v) is 4.58. The molecule has 0 amide bonds. The van der Waals surface area contributed by atoms with Crippen molar-refractivity contribution in [3.63, 3.8) is 0 Å². The zero-order chi connectivity index (χ0) is 12.5. The monoisotopic (exact) mass is 277 g/mol. The molecule has 2 atom stereocenters. The lowest BCUT2D eigenvalue weighted by Crippen LogP contribution is -2.24. The zero-order valence-electron chi connectivity index (χ0n) is 10.3. The summed E-state index contributed by atoms with van der Waals surface area (Å²) in [7, 11) is 0. The molecule has 2 aromatic rings. The highest BCUT2D eigenvalue weighted by molar-refractivity contribution is 5.85. The van der Waals surface area contributed by atoms with E-state index in [2.05, 4.69) is 0 Å². The van der Waals surface area contributed by atoms with Crippen LogP contribution in [0, 0.1) is 0 Å². The quantitative estimate of drug-likeness (QED) is 0.840. The topological polar surface area (TPSA) is 55.5 Å². The Balaban J connectivity index is 0.00000133. The first-order valence-corrected chi connectivity index (χ1v) is 6.04. The number of phenols is 1. The average Bonchev–Trinajstić information content (AvgIpc) is 2.40. The molecule has 100 valence electrons. The lowest BCUT2D eigenvalue weighted by atomic mass is 9.93. The van der Waals surface area contributed by atoms with Gasteiger partial charge in [0.25, 0.3) is 0 Å². The second-order valence-electron chi connectivity index (χ2n) is 4.58. The van der Waals surface area contributed by atoms with Crippen LogP contribution in [-0.4, -0.2) is 5.11 Å². The average molecular weight is 278 g/mol. The molecule has 1 aliphatic heterocycles. The highest BCUT2D eigenvalue weighted by atomic mass is 35.5. The molecule has 2 unspecified atom stereocenters. The summed E-state index contributed by atoms with van der Waals surface area (Å²) in [6, 6.07) is 15.0. The molecule has 3 rings (SSSR count). The number of benzene rings is 2. The second kappa shape index (κ2) is 5.51. The van der Waals surface area contributed by atoms with Crippen molar-refractivity contribution in [2.24, 2.45) is 5.73 Å². The Morgan fingerprint density at radius 2 is 1.84 bits per heavy atom. The molecular formula is C15H16ClNO2. The maximum Gasteiger partial charge on any atom is 0.126 e. The van der Waals surface area contributed by atoms with Gasteiger partial charge in [-0.2, -0.15) is 0 Å². The van der Waals surface area contributed by atoms with Crippen molar-refractivity contribution in [3.05, 3.63) is 59.7 Å². The summed E-state index contributed by atoms with van der Waals surface area (Å²) in [4.78, 5) is 0. The first-order chi connectivity index (χ1) is 8.74. The molecule has 0 aromatic heterocycles. The number of hydrogen-bond donors (Lipinski definition) is 2. The van der Waals surface area contributed by atoms with E-state index in [0.29, 0.717) is 0 Å². The highest BCUT2D eigenvalue weighted by Gasteiger charge is 2.27. The zero-order valence-corrected chi connectivity index (χ0v) is 11.1. The fraction of sp³-hybridized carbons (Fsp3) is 0.200. The summed E-state index contributed by atoms with van der Waals surface area (Å²) >= 11 is 0. The van der Waals surface area contributed by atoms with Crippen molar-refractivity contribution >= 4 is 12.4 Å². The van der Waals surface area contributed by atoms with Gasteiger partial charge in [-0.15, -0.1) is 12.4 Å². The molecule has 0 spiro atoms. The predicted octanol–water partition coefficient (Wildman–Crippen LogP) is 3.34. The Bertz CT molecular complexity index is 559. The van der Waals surface area contributed by atoms with Crippen LogP contribution in [0.25, 0.3) is 0 Å². The van der Waals surface area contributed by atoms with E-state index in [1.165, 1.54) is 0 Å². The normalized spacial score (nSPS) is 20.9. The molecule has 0 bridgehead atoms. The standard InChI is InChI=1S/C15H15NO2.ClH/c16-13-9-15(10-4-2-1-3-5-10)18-14-7-6-11(17)8-12(13)14;/h1-8,13,15,17H,9,16H2;1H. The fourth-order valence-corrected chi connectivity index (χ4v) is 2.36. The minimum atomic E-state index is -0.106. The molecule has 4 heteroatoms. The van der Waals surface area contributed by atoms with Crippen LogP contribution in [0.1, 0.15) is 29.7 Å². The van der Waals surface area contributed by atoms with Gasteiger partial charge in [-0.3, -0.25) is 0 Å². The van der Waals surface area contributed by atoms with Gasteiger partial charge in [-0.1, -0.05) is 30.3 Å². The highest BCUT2D eigenvalue weighted by Crippen LogP contribution is 2.40. The van der Waals surface area contributed by atoms with E-state index < -0.39 is 0 Å². The Morgan fingerprint density at radius 1 is 1.11 bits per heavy atom. The molecular weight excluding hydrogens is 262 g/mol. The van der Waals surface area contributed by atoms with Gasteiger partial charge in [0.05, 0.1) is 0 Å². The maximum absolute atomic E-state index is 9.48. The summed E-state index contributed by atoms with van der Waals surface area (Å²) < 4.78 is 5.95. The minimum absolute atomic E-state index is 0. The summed E-state index contributed by atoms with van der Waals surface area (Å²) in [5.74, 6) is 0.992. The summed E-state index contributed by atoms with van der Waals surface area (Å²) in [5.41, 5.74) is 8.16. The van der Waals surface area contributed by atoms with Crippen LogP contribution in [0.2, 0.25) is 0 Å². The SMILES string of the molecule is Cl.NC1CC(c2ccccc2)Oc2ccc(O)cc21. The Morgan fingerprint density at radius 3 is 2.58 bits per heavy atom. The molecule has 1 heterocycles. The number of phenolic OH excluding ortho intramolecular Hbond substituents is 1. The van der Waals surface area contributed by atoms with Crippen molar-refractivity contribution in [1.82, 2.24) is 0 Å². The first kappa shape index (κ1) is 13.7. The van der Waals surface area contributed by atoms with Gasteiger partial charge in [0.15, 0.2) is 0 Å². The molecule has 2 aromatic carbocycles. The van der Waals surface area contributed by atoms with Crippen LogP contribution in [0.5, 0.6) is 11.5 Å². The van der Waals surface area contributed by atoms with Crippen LogP contribution in [0.3, 0.4) is 0 Å². The van der Waals surface area contributed by atoms with E-state index in [1.807, 2.05) is 30.3 Å². The van der Waals surface area contributed by atoms with Gasteiger partial charge in [-0.25, -0.2) is 0 Å². The smallest absolute Gasteiger partial charge is 0.126 e. The molecule has 0 aliphatic carbocycles. The number of nitrogens with two attached hydrogens (primary N) is 1. The van der Waals surface area contributed by atoms with E-state index in [1.54, 1.807) is 18.2 Å². The molecule has 3 N–H and O–H groups in total. The number of hydrogen-bond acceptors (Lipinski definition) is 3. The number of rotatable bonds is 1. The van der Waals surface area contributed by atoms with Crippen molar-refractivity contribution in [1.29, 1.82) is 0 Å².